The van der Waals surface area contributed by atoms with Crippen LogP contribution in [0.5, 0.6) is 0 Å². The number of rotatable bonds is 1. The Balaban J connectivity index is 1.88. The first-order chi connectivity index (χ1) is 13.1. The first-order valence-corrected chi connectivity index (χ1v) is 8.61. The number of carbonyl (C=O) groups is 1. The van der Waals surface area contributed by atoms with Crippen molar-refractivity contribution in [2.24, 2.45) is 7.05 Å². The highest BCUT2D eigenvalue weighted by Crippen LogP contribution is 2.47. The van der Waals surface area contributed by atoms with E-state index in [0.717, 1.165) is 11.1 Å². The molecule has 6 heteroatoms. The maximum absolute atomic E-state index is 13.2. The fourth-order valence-corrected chi connectivity index (χ4v) is 4.01. The number of hydrogen-bond donors (Lipinski definition) is 2. The summed E-state index contributed by atoms with van der Waals surface area (Å²) in [6.07, 6.45) is 0. The third-order valence-corrected chi connectivity index (χ3v) is 5.27. The molecule has 0 bridgehead atoms. The Kier molecular flexibility index (Phi) is 3.12. The Morgan fingerprint density at radius 3 is 2.30 bits per heavy atom. The second-order valence-electron chi connectivity index (χ2n) is 6.71. The highest BCUT2D eigenvalue weighted by molar-refractivity contribution is 6.23. The van der Waals surface area contributed by atoms with Gasteiger partial charge in [-0.05, 0) is 5.56 Å². The zero-order chi connectivity index (χ0) is 18.7. The van der Waals surface area contributed by atoms with Crippen LogP contribution in [0, 0.1) is 0 Å². The van der Waals surface area contributed by atoms with Gasteiger partial charge in [-0.15, -0.1) is 0 Å². The van der Waals surface area contributed by atoms with Gasteiger partial charge in [-0.25, -0.2) is 4.79 Å². The number of allylic oxidation sites excluding steroid dienone is 1. The summed E-state index contributed by atoms with van der Waals surface area (Å²) < 4.78 is 1.38. The number of fused-ring (bicyclic) bond motifs is 3. The van der Waals surface area contributed by atoms with Crippen molar-refractivity contribution in [3.05, 3.63) is 103 Å². The number of H-pyrrole nitrogens is 1. The van der Waals surface area contributed by atoms with E-state index in [-0.39, 0.29) is 5.78 Å². The minimum absolute atomic E-state index is 0.0964. The van der Waals surface area contributed by atoms with Crippen molar-refractivity contribution in [1.29, 1.82) is 0 Å². The van der Waals surface area contributed by atoms with Gasteiger partial charge in [0.2, 0.25) is 0 Å². The van der Waals surface area contributed by atoms with E-state index in [2.05, 4.69) is 10.3 Å². The Labute approximate surface area is 153 Å². The van der Waals surface area contributed by atoms with Crippen LogP contribution in [0.15, 0.2) is 69.8 Å². The lowest BCUT2D eigenvalue weighted by atomic mass is 9.81. The van der Waals surface area contributed by atoms with Crippen molar-refractivity contribution in [3.63, 3.8) is 0 Å². The topological polar surface area (TPSA) is 84.0 Å². The lowest BCUT2D eigenvalue weighted by molar-refractivity contribution is 0.103. The molecule has 6 nitrogen and oxygen atoms in total. The second-order valence-corrected chi connectivity index (χ2v) is 6.71. The summed E-state index contributed by atoms with van der Waals surface area (Å²) in [6.45, 7) is 0. The summed E-state index contributed by atoms with van der Waals surface area (Å²) in [4.78, 5) is 40.5. The van der Waals surface area contributed by atoms with Gasteiger partial charge in [0.15, 0.2) is 5.78 Å². The minimum atomic E-state index is -0.548. The van der Waals surface area contributed by atoms with Gasteiger partial charge in [0.1, 0.15) is 5.82 Å². The molecule has 27 heavy (non-hydrogen) atoms. The highest BCUT2D eigenvalue weighted by atomic mass is 16.2. The van der Waals surface area contributed by atoms with Crippen LogP contribution in [0.3, 0.4) is 0 Å². The van der Waals surface area contributed by atoms with Gasteiger partial charge in [0.25, 0.3) is 5.56 Å². The van der Waals surface area contributed by atoms with Crippen molar-refractivity contribution in [2.75, 3.05) is 5.32 Å². The number of carbonyl (C=O) groups excluding carboxylic acids is 1. The summed E-state index contributed by atoms with van der Waals surface area (Å²) >= 11 is 0. The number of aromatic amines is 1. The molecular formula is C21H15N3O3. The summed E-state index contributed by atoms with van der Waals surface area (Å²) in [5.41, 5.74) is 2.82. The molecule has 0 saturated carbocycles. The van der Waals surface area contributed by atoms with E-state index in [1.807, 2.05) is 48.5 Å². The molecule has 2 heterocycles. The van der Waals surface area contributed by atoms with Crippen molar-refractivity contribution < 1.29 is 4.79 Å². The molecule has 0 spiro atoms. The SMILES string of the molecule is Cn1c2c(c(=O)[nH]c1=O)[C@@H](c1ccccc1)C1=C(N2)c2ccccc2C1=O. The molecule has 2 aliphatic rings. The van der Waals surface area contributed by atoms with Gasteiger partial charge in [-0.2, -0.15) is 0 Å². The molecule has 5 rings (SSSR count). The summed E-state index contributed by atoms with van der Waals surface area (Å²) in [7, 11) is 1.60. The Bertz CT molecular complexity index is 1270. The molecule has 1 aromatic heterocycles. The van der Waals surface area contributed by atoms with Crippen LogP contribution in [-0.4, -0.2) is 15.3 Å². The van der Waals surface area contributed by atoms with E-state index in [1.165, 1.54) is 4.57 Å². The Hall–Kier alpha value is -3.67. The number of nitrogens with zero attached hydrogens (tertiary/aromatic N) is 1. The second kappa shape index (κ2) is 5.41. The Morgan fingerprint density at radius 2 is 1.56 bits per heavy atom. The van der Waals surface area contributed by atoms with Crippen LogP contribution in [0.2, 0.25) is 0 Å². The smallest absolute Gasteiger partial charge is 0.329 e. The molecule has 0 saturated heterocycles. The van der Waals surface area contributed by atoms with Crippen molar-refractivity contribution >= 4 is 17.3 Å². The Morgan fingerprint density at radius 1 is 0.889 bits per heavy atom. The number of anilines is 1. The van der Waals surface area contributed by atoms with Gasteiger partial charge in [0.05, 0.1) is 11.3 Å². The zero-order valence-electron chi connectivity index (χ0n) is 14.4. The fraction of sp³-hybridized carbons (Fsp3) is 0.0952. The largest absolute Gasteiger partial charge is 0.340 e. The van der Waals surface area contributed by atoms with Crippen LogP contribution < -0.4 is 16.6 Å². The number of ketones is 1. The van der Waals surface area contributed by atoms with Gasteiger partial charge in [0, 0.05) is 29.7 Å². The van der Waals surface area contributed by atoms with Crippen LogP contribution in [0.25, 0.3) is 5.70 Å². The van der Waals surface area contributed by atoms with Gasteiger partial charge >= 0.3 is 5.69 Å². The molecular weight excluding hydrogens is 342 g/mol. The lowest BCUT2D eigenvalue weighted by Gasteiger charge is -2.28. The molecule has 1 aliphatic carbocycles. The van der Waals surface area contributed by atoms with E-state index in [1.54, 1.807) is 13.1 Å². The first kappa shape index (κ1) is 15.6. The van der Waals surface area contributed by atoms with Crippen LogP contribution in [0.1, 0.15) is 33.0 Å². The molecule has 1 atom stereocenters. The van der Waals surface area contributed by atoms with Crippen LogP contribution >= 0.6 is 0 Å². The fourth-order valence-electron chi connectivity index (χ4n) is 4.01. The van der Waals surface area contributed by atoms with Crippen molar-refractivity contribution in [3.8, 4) is 0 Å². The molecule has 0 amide bonds. The maximum atomic E-state index is 13.2. The maximum Gasteiger partial charge on any atom is 0.329 e. The molecule has 132 valence electrons. The average Bonchev–Trinajstić information content (AvgIpc) is 2.98. The molecule has 2 aromatic carbocycles. The first-order valence-electron chi connectivity index (χ1n) is 8.61. The number of hydrogen-bond acceptors (Lipinski definition) is 4. The van der Waals surface area contributed by atoms with E-state index < -0.39 is 17.2 Å². The number of Topliss-reactive ketones (excluding diaryl/α,β-unsaturated/α-hetero) is 1. The molecule has 0 radical (unpaired) electrons. The number of benzene rings is 2. The molecule has 0 unspecified atom stereocenters. The standard InChI is InChI=1S/C21H15N3O3/c1-24-19-16(20(26)23-21(24)27)14(11-7-3-2-4-8-11)15-17(22-19)12-9-5-6-10-13(12)18(15)25/h2-10,14,22H,1H3,(H,23,26,27)/t14-/m0/s1. The zero-order valence-corrected chi connectivity index (χ0v) is 14.4. The number of nitrogens with one attached hydrogen (secondary N) is 2. The molecule has 1 aliphatic heterocycles. The lowest BCUT2D eigenvalue weighted by Crippen LogP contribution is -2.37. The molecule has 2 N–H and O–H groups in total. The van der Waals surface area contributed by atoms with Gasteiger partial charge in [-0.3, -0.25) is 19.1 Å². The summed E-state index contributed by atoms with van der Waals surface area (Å²) in [6, 6.07) is 16.8. The van der Waals surface area contributed by atoms with E-state index >= 15 is 0 Å². The van der Waals surface area contributed by atoms with E-state index in [0.29, 0.717) is 28.2 Å². The predicted molar refractivity (Wildman–Crippen MR) is 102 cm³/mol. The van der Waals surface area contributed by atoms with Crippen molar-refractivity contribution in [2.45, 2.75) is 5.92 Å². The highest BCUT2D eigenvalue weighted by Gasteiger charge is 2.42. The summed E-state index contributed by atoms with van der Waals surface area (Å²) in [5, 5.41) is 3.20. The quantitative estimate of drug-likeness (QED) is 0.700. The average molecular weight is 357 g/mol. The molecule has 3 aromatic rings. The van der Waals surface area contributed by atoms with Gasteiger partial charge < -0.3 is 5.32 Å². The third kappa shape index (κ3) is 2.04. The predicted octanol–water partition coefficient (Wildman–Crippen LogP) is 2.24. The molecule has 0 fully saturated rings. The van der Waals surface area contributed by atoms with Crippen molar-refractivity contribution in [1.82, 2.24) is 9.55 Å². The van der Waals surface area contributed by atoms with Crippen LogP contribution in [0.4, 0.5) is 5.82 Å². The van der Waals surface area contributed by atoms with Gasteiger partial charge in [-0.1, -0.05) is 54.6 Å². The van der Waals surface area contributed by atoms with E-state index in [9.17, 15) is 14.4 Å². The summed E-state index contributed by atoms with van der Waals surface area (Å²) in [5.74, 6) is -0.227. The minimum Gasteiger partial charge on any atom is -0.340 e. The monoisotopic (exact) mass is 357 g/mol. The third-order valence-electron chi connectivity index (χ3n) is 5.27. The number of aromatic nitrogens is 2. The van der Waals surface area contributed by atoms with Crippen LogP contribution in [-0.2, 0) is 7.05 Å². The normalized spacial score (nSPS) is 17.2. The van der Waals surface area contributed by atoms with E-state index in [4.69, 9.17) is 0 Å².